The number of nitrogens with zero attached hydrogens (tertiary/aromatic N) is 2. The summed E-state index contributed by atoms with van der Waals surface area (Å²) in [6, 6.07) is 5.82. The van der Waals surface area contributed by atoms with Gasteiger partial charge in [-0.3, -0.25) is 0 Å². The lowest BCUT2D eigenvalue weighted by atomic mass is 10.1. The van der Waals surface area contributed by atoms with Crippen LogP contribution in [0.5, 0.6) is 0 Å². The molecule has 1 aromatic carbocycles. The fourth-order valence-electron chi connectivity index (χ4n) is 1.87. The largest absolute Gasteiger partial charge is 0.409 e. The first-order valence-corrected chi connectivity index (χ1v) is 5.93. The molecule has 0 spiro atoms. The lowest BCUT2D eigenvalue weighted by Gasteiger charge is -2.29. The molecule has 3 N–H and O–H groups in total. The van der Waals surface area contributed by atoms with Crippen LogP contribution in [0.4, 0.5) is 5.69 Å². The number of benzene rings is 1. The Kier molecular flexibility index (Phi) is 4.63. The lowest BCUT2D eigenvalue weighted by molar-refractivity contribution is 0.318. The quantitative estimate of drug-likeness (QED) is 0.376. The van der Waals surface area contributed by atoms with Crippen LogP contribution in [0.1, 0.15) is 26.3 Å². The van der Waals surface area contributed by atoms with Crippen LogP contribution in [0.3, 0.4) is 0 Å². The number of hydrogen-bond acceptors (Lipinski definition) is 3. The average Bonchev–Trinajstić information content (AvgIpc) is 2.29. The molecule has 0 radical (unpaired) electrons. The maximum Gasteiger partial charge on any atom is 0.173 e. The Labute approximate surface area is 107 Å². The summed E-state index contributed by atoms with van der Waals surface area (Å²) in [6.07, 6.45) is 0. The van der Waals surface area contributed by atoms with Gasteiger partial charge in [-0.2, -0.15) is 0 Å². The van der Waals surface area contributed by atoms with Gasteiger partial charge in [0.25, 0.3) is 0 Å². The maximum atomic E-state index is 8.82. The topological polar surface area (TPSA) is 61.8 Å². The number of rotatable bonds is 4. The van der Waals surface area contributed by atoms with E-state index in [0.717, 1.165) is 12.2 Å². The third-order valence-corrected chi connectivity index (χ3v) is 2.94. The van der Waals surface area contributed by atoms with E-state index < -0.39 is 0 Å². The predicted molar refractivity (Wildman–Crippen MR) is 72.1 cm³/mol. The lowest BCUT2D eigenvalue weighted by Crippen LogP contribution is -2.32. The zero-order chi connectivity index (χ0) is 13.0. The van der Waals surface area contributed by atoms with Crippen molar-refractivity contribution >= 4 is 23.1 Å². The molecule has 0 amide bonds. The summed E-state index contributed by atoms with van der Waals surface area (Å²) in [6.45, 7) is 7.04. The van der Waals surface area contributed by atoms with E-state index in [1.54, 1.807) is 6.07 Å². The number of oxime groups is 1. The Morgan fingerprint density at radius 2 is 2.18 bits per heavy atom. The van der Waals surface area contributed by atoms with Gasteiger partial charge in [0, 0.05) is 18.3 Å². The van der Waals surface area contributed by atoms with Crippen LogP contribution in [-0.4, -0.2) is 23.6 Å². The third kappa shape index (κ3) is 2.82. The van der Waals surface area contributed by atoms with Crippen LogP contribution in [-0.2, 0) is 0 Å². The van der Waals surface area contributed by atoms with E-state index in [2.05, 4.69) is 30.8 Å². The van der Waals surface area contributed by atoms with Crippen molar-refractivity contribution in [3.05, 3.63) is 28.8 Å². The summed E-state index contributed by atoms with van der Waals surface area (Å²) in [4.78, 5) is 2.14. The summed E-state index contributed by atoms with van der Waals surface area (Å²) >= 11 is 6.11. The van der Waals surface area contributed by atoms with Gasteiger partial charge < -0.3 is 15.8 Å². The Bertz CT molecular complexity index is 418. The molecule has 0 atom stereocenters. The van der Waals surface area contributed by atoms with Crippen molar-refractivity contribution < 1.29 is 5.21 Å². The van der Waals surface area contributed by atoms with Gasteiger partial charge in [0.1, 0.15) is 0 Å². The molecule has 17 heavy (non-hydrogen) atoms. The van der Waals surface area contributed by atoms with Gasteiger partial charge in [-0.15, -0.1) is 0 Å². The standard InChI is InChI=1S/C12H18ClN3O/c1-4-16(8(2)3)10-7-5-6-9(13)11(10)12(14)15-17/h5-8,17H,4H2,1-3H3,(H2,14,15). The van der Waals surface area contributed by atoms with Crippen molar-refractivity contribution in [2.45, 2.75) is 26.8 Å². The van der Waals surface area contributed by atoms with E-state index in [1.165, 1.54) is 0 Å². The molecule has 0 saturated heterocycles. The molecular weight excluding hydrogens is 238 g/mol. The molecule has 0 aliphatic rings. The molecule has 0 bridgehead atoms. The molecule has 4 nitrogen and oxygen atoms in total. The van der Waals surface area contributed by atoms with E-state index in [4.69, 9.17) is 22.5 Å². The van der Waals surface area contributed by atoms with E-state index in [-0.39, 0.29) is 5.84 Å². The molecule has 5 heteroatoms. The summed E-state index contributed by atoms with van der Waals surface area (Å²) in [5, 5.41) is 12.3. The number of anilines is 1. The van der Waals surface area contributed by atoms with E-state index in [1.807, 2.05) is 12.1 Å². The smallest absolute Gasteiger partial charge is 0.173 e. The fraction of sp³-hybridized carbons (Fsp3) is 0.417. The van der Waals surface area contributed by atoms with E-state index in [0.29, 0.717) is 16.6 Å². The van der Waals surface area contributed by atoms with Crippen LogP contribution < -0.4 is 10.6 Å². The first-order valence-electron chi connectivity index (χ1n) is 5.56. The maximum absolute atomic E-state index is 8.82. The monoisotopic (exact) mass is 255 g/mol. The highest BCUT2D eigenvalue weighted by atomic mass is 35.5. The van der Waals surface area contributed by atoms with Gasteiger partial charge in [0.05, 0.1) is 10.6 Å². The van der Waals surface area contributed by atoms with Crippen LogP contribution in [0.2, 0.25) is 5.02 Å². The van der Waals surface area contributed by atoms with Crippen LogP contribution in [0, 0.1) is 0 Å². The number of nitrogens with two attached hydrogens (primary N) is 1. The van der Waals surface area contributed by atoms with Gasteiger partial charge in [-0.1, -0.05) is 22.8 Å². The first-order chi connectivity index (χ1) is 8.02. The Morgan fingerprint density at radius 3 is 2.65 bits per heavy atom. The molecule has 1 aromatic rings. The molecule has 0 fully saturated rings. The Hall–Kier alpha value is -1.42. The van der Waals surface area contributed by atoms with Crippen molar-refractivity contribution in [2.24, 2.45) is 10.9 Å². The second kappa shape index (κ2) is 5.77. The summed E-state index contributed by atoms with van der Waals surface area (Å²) in [7, 11) is 0. The average molecular weight is 256 g/mol. The zero-order valence-corrected chi connectivity index (χ0v) is 11.1. The zero-order valence-electron chi connectivity index (χ0n) is 10.3. The highest BCUT2D eigenvalue weighted by Crippen LogP contribution is 2.28. The highest BCUT2D eigenvalue weighted by Gasteiger charge is 2.17. The molecule has 0 saturated carbocycles. The Morgan fingerprint density at radius 1 is 1.53 bits per heavy atom. The van der Waals surface area contributed by atoms with Crippen molar-refractivity contribution in [3.63, 3.8) is 0 Å². The predicted octanol–water partition coefficient (Wildman–Crippen LogP) is 2.67. The molecule has 0 aliphatic carbocycles. The highest BCUT2D eigenvalue weighted by molar-refractivity contribution is 6.34. The van der Waals surface area contributed by atoms with Crippen molar-refractivity contribution in [1.82, 2.24) is 0 Å². The Balaban J connectivity index is 3.37. The molecule has 0 heterocycles. The molecule has 0 unspecified atom stereocenters. The van der Waals surface area contributed by atoms with Crippen LogP contribution in [0.25, 0.3) is 0 Å². The van der Waals surface area contributed by atoms with E-state index in [9.17, 15) is 0 Å². The first kappa shape index (κ1) is 13.6. The molecular formula is C12H18ClN3O. The molecule has 0 aliphatic heterocycles. The van der Waals surface area contributed by atoms with E-state index >= 15 is 0 Å². The van der Waals surface area contributed by atoms with Gasteiger partial charge >= 0.3 is 0 Å². The number of amidine groups is 1. The minimum absolute atomic E-state index is 0.0321. The SMILES string of the molecule is CCN(c1cccc(Cl)c1C(N)=NO)C(C)C. The normalized spacial score (nSPS) is 11.9. The third-order valence-electron chi connectivity index (χ3n) is 2.63. The van der Waals surface area contributed by atoms with Crippen LogP contribution in [0.15, 0.2) is 23.4 Å². The molecule has 1 rings (SSSR count). The second-order valence-corrected chi connectivity index (χ2v) is 4.41. The second-order valence-electron chi connectivity index (χ2n) is 4.00. The van der Waals surface area contributed by atoms with Gasteiger partial charge in [0.2, 0.25) is 0 Å². The van der Waals surface area contributed by atoms with Crippen LogP contribution >= 0.6 is 11.6 Å². The number of hydrogen-bond donors (Lipinski definition) is 2. The van der Waals surface area contributed by atoms with Crippen molar-refractivity contribution in [1.29, 1.82) is 0 Å². The summed E-state index contributed by atoms with van der Waals surface area (Å²) in [5.74, 6) is 0.0321. The van der Waals surface area contributed by atoms with Gasteiger partial charge in [-0.05, 0) is 32.9 Å². The summed E-state index contributed by atoms with van der Waals surface area (Å²) < 4.78 is 0. The minimum atomic E-state index is 0.0321. The van der Waals surface area contributed by atoms with Crippen molar-refractivity contribution in [2.75, 3.05) is 11.4 Å². The molecule has 0 aromatic heterocycles. The van der Waals surface area contributed by atoms with Gasteiger partial charge in [-0.25, -0.2) is 0 Å². The van der Waals surface area contributed by atoms with Gasteiger partial charge in [0.15, 0.2) is 5.84 Å². The molecule has 94 valence electrons. The van der Waals surface area contributed by atoms with Crippen molar-refractivity contribution in [3.8, 4) is 0 Å². The number of halogens is 1. The minimum Gasteiger partial charge on any atom is -0.409 e. The fourth-order valence-corrected chi connectivity index (χ4v) is 2.14. The summed E-state index contributed by atoms with van der Waals surface area (Å²) in [5.41, 5.74) is 7.13.